The van der Waals surface area contributed by atoms with E-state index < -0.39 is 12.2 Å². The van der Waals surface area contributed by atoms with Crippen molar-refractivity contribution >= 4 is 12.2 Å². The molecule has 0 radical (unpaired) electrons. The van der Waals surface area contributed by atoms with Crippen molar-refractivity contribution < 1.29 is 14.7 Å². The fourth-order valence-corrected chi connectivity index (χ4v) is 3.63. The molecule has 1 aromatic carbocycles. The first-order valence-electron chi connectivity index (χ1n) is 7.98. The molecule has 1 aliphatic carbocycles. The topological polar surface area (TPSA) is 72.9 Å². The van der Waals surface area contributed by atoms with E-state index in [0.717, 1.165) is 31.1 Å². The SMILES string of the molecule is CN1C(=O)[C@H](N[C@H](C=O)Cc2ccc(O)cc2)N(C)C12CCC2. The van der Waals surface area contributed by atoms with Crippen molar-refractivity contribution in [1.82, 2.24) is 15.1 Å². The van der Waals surface area contributed by atoms with Crippen molar-refractivity contribution in [2.75, 3.05) is 14.1 Å². The molecule has 2 N–H and O–H groups in total. The maximum Gasteiger partial charge on any atom is 0.256 e. The number of aldehydes is 1. The van der Waals surface area contributed by atoms with Gasteiger partial charge in [0.15, 0.2) is 0 Å². The van der Waals surface area contributed by atoms with Crippen LogP contribution in [-0.4, -0.2) is 59.1 Å². The van der Waals surface area contributed by atoms with Crippen LogP contribution >= 0.6 is 0 Å². The number of carbonyl (C=O) groups excluding carboxylic acids is 2. The van der Waals surface area contributed by atoms with Crippen LogP contribution in [0.4, 0.5) is 0 Å². The van der Waals surface area contributed by atoms with Crippen molar-refractivity contribution in [3.8, 4) is 5.75 Å². The average molecular weight is 317 g/mol. The highest BCUT2D eigenvalue weighted by atomic mass is 16.3. The van der Waals surface area contributed by atoms with E-state index in [2.05, 4.69) is 10.2 Å². The van der Waals surface area contributed by atoms with Crippen molar-refractivity contribution in [2.45, 2.75) is 43.6 Å². The van der Waals surface area contributed by atoms with Crippen LogP contribution in [-0.2, 0) is 16.0 Å². The summed E-state index contributed by atoms with van der Waals surface area (Å²) in [6, 6.07) is 6.32. The molecule has 1 amide bonds. The molecule has 6 nitrogen and oxygen atoms in total. The summed E-state index contributed by atoms with van der Waals surface area (Å²) in [5, 5.41) is 12.5. The molecule has 1 aromatic rings. The van der Waals surface area contributed by atoms with Crippen LogP contribution in [0.15, 0.2) is 24.3 Å². The third-order valence-electron chi connectivity index (χ3n) is 5.32. The summed E-state index contributed by atoms with van der Waals surface area (Å²) < 4.78 is 0. The van der Waals surface area contributed by atoms with Gasteiger partial charge in [0, 0.05) is 7.05 Å². The van der Waals surface area contributed by atoms with Gasteiger partial charge in [0.05, 0.1) is 11.7 Å². The van der Waals surface area contributed by atoms with Gasteiger partial charge in [-0.25, -0.2) is 0 Å². The number of amides is 1. The lowest BCUT2D eigenvalue weighted by atomic mass is 9.83. The van der Waals surface area contributed by atoms with E-state index in [1.807, 2.05) is 19.0 Å². The summed E-state index contributed by atoms with van der Waals surface area (Å²) in [5.41, 5.74) is 0.757. The molecule has 3 rings (SSSR count). The average Bonchev–Trinajstić information content (AvgIpc) is 2.69. The van der Waals surface area contributed by atoms with Crippen LogP contribution < -0.4 is 5.32 Å². The molecule has 0 bridgehead atoms. The molecule has 1 spiro atoms. The summed E-state index contributed by atoms with van der Waals surface area (Å²) in [4.78, 5) is 27.9. The minimum atomic E-state index is -0.465. The van der Waals surface area contributed by atoms with Crippen molar-refractivity contribution in [3.05, 3.63) is 29.8 Å². The second-order valence-electron chi connectivity index (χ2n) is 6.53. The van der Waals surface area contributed by atoms with Crippen LogP contribution in [0, 0.1) is 0 Å². The Hall–Kier alpha value is -1.92. The van der Waals surface area contributed by atoms with Gasteiger partial charge in [-0.2, -0.15) is 0 Å². The highest BCUT2D eigenvalue weighted by Gasteiger charge is 2.56. The van der Waals surface area contributed by atoms with E-state index in [-0.39, 0.29) is 17.3 Å². The zero-order valence-corrected chi connectivity index (χ0v) is 13.5. The lowest BCUT2D eigenvalue weighted by Gasteiger charge is -2.48. The highest BCUT2D eigenvalue weighted by molar-refractivity contribution is 5.85. The second-order valence-corrected chi connectivity index (χ2v) is 6.53. The lowest BCUT2D eigenvalue weighted by molar-refractivity contribution is -0.133. The van der Waals surface area contributed by atoms with Crippen molar-refractivity contribution in [1.29, 1.82) is 0 Å². The standard InChI is InChI=1S/C17H23N3O3/c1-19-15(16(23)20(2)17(19)8-3-9-17)18-13(11-21)10-12-4-6-14(22)7-5-12/h4-7,11,13,15,18,22H,3,8-10H2,1-2H3/t13-,15+/m0/s1. The smallest absolute Gasteiger partial charge is 0.256 e. The van der Waals surface area contributed by atoms with E-state index in [4.69, 9.17) is 0 Å². The first-order valence-corrected chi connectivity index (χ1v) is 7.98. The maximum absolute atomic E-state index is 12.5. The molecule has 2 atom stereocenters. The number of phenols is 1. The van der Waals surface area contributed by atoms with Gasteiger partial charge in [0.2, 0.25) is 0 Å². The van der Waals surface area contributed by atoms with Crippen LogP contribution in [0.1, 0.15) is 24.8 Å². The van der Waals surface area contributed by atoms with E-state index in [1.54, 1.807) is 24.3 Å². The van der Waals surface area contributed by atoms with Gasteiger partial charge in [-0.3, -0.25) is 15.0 Å². The number of rotatable bonds is 5. The summed E-state index contributed by atoms with van der Waals surface area (Å²) in [7, 11) is 3.79. The summed E-state index contributed by atoms with van der Waals surface area (Å²) in [5.74, 6) is 0.216. The van der Waals surface area contributed by atoms with Crippen molar-refractivity contribution in [3.63, 3.8) is 0 Å². The normalized spacial score (nSPS) is 24.7. The zero-order chi connectivity index (χ0) is 16.6. The Morgan fingerprint density at radius 1 is 1.35 bits per heavy atom. The molecule has 2 fully saturated rings. The maximum atomic E-state index is 12.5. The Bertz CT molecular complexity index is 598. The number of hydrogen-bond donors (Lipinski definition) is 2. The van der Waals surface area contributed by atoms with Gasteiger partial charge in [0.1, 0.15) is 18.2 Å². The second kappa shape index (κ2) is 5.94. The molecule has 124 valence electrons. The number of likely N-dealkylation sites (N-methyl/N-ethyl adjacent to an activating group) is 2. The molecule has 0 aromatic heterocycles. The summed E-state index contributed by atoms with van der Waals surface area (Å²) in [6.45, 7) is 0. The van der Waals surface area contributed by atoms with Gasteiger partial charge in [-0.15, -0.1) is 0 Å². The number of phenolic OH excluding ortho intramolecular Hbond substituents is 1. The van der Waals surface area contributed by atoms with Crippen LogP contribution in [0.3, 0.4) is 0 Å². The van der Waals surface area contributed by atoms with E-state index in [9.17, 15) is 14.7 Å². The van der Waals surface area contributed by atoms with Gasteiger partial charge in [-0.05, 0) is 50.4 Å². The molecule has 1 aliphatic heterocycles. The molecular formula is C17H23N3O3. The van der Waals surface area contributed by atoms with Gasteiger partial charge in [-0.1, -0.05) is 12.1 Å². The van der Waals surface area contributed by atoms with Gasteiger partial charge in [0.25, 0.3) is 5.91 Å². The first kappa shape index (κ1) is 16.0. The molecule has 1 heterocycles. The van der Waals surface area contributed by atoms with Crippen LogP contribution in [0.2, 0.25) is 0 Å². The third-order valence-corrected chi connectivity index (χ3v) is 5.32. The fraction of sp³-hybridized carbons (Fsp3) is 0.529. The predicted molar refractivity (Wildman–Crippen MR) is 85.7 cm³/mol. The molecule has 1 saturated heterocycles. The minimum absolute atomic E-state index is 0.0183. The Morgan fingerprint density at radius 3 is 2.48 bits per heavy atom. The predicted octanol–water partition coefficient (Wildman–Crippen LogP) is 0.702. The van der Waals surface area contributed by atoms with Gasteiger partial charge < -0.3 is 14.8 Å². The number of nitrogens with one attached hydrogen (secondary N) is 1. The monoisotopic (exact) mass is 317 g/mol. The van der Waals surface area contributed by atoms with Gasteiger partial charge >= 0.3 is 0 Å². The highest BCUT2D eigenvalue weighted by Crippen LogP contribution is 2.44. The molecular weight excluding hydrogens is 294 g/mol. The Morgan fingerprint density at radius 2 is 2.00 bits per heavy atom. The number of carbonyl (C=O) groups is 2. The number of nitrogens with zero attached hydrogens (tertiary/aromatic N) is 2. The van der Waals surface area contributed by atoms with E-state index in [1.165, 1.54) is 0 Å². The van der Waals surface area contributed by atoms with Crippen molar-refractivity contribution in [2.24, 2.45) is 0 Å². The Balaban J connectivity index is 1.70. The van der Waals surface area contributed by atoms with E-state index in [0.29, 0.717) is 6.42 Å². The largest absolute Gasteiger partial charge is 0.508 e. The van der Waals surface area contributed by atoms with Crippen LogP contribution in [0.25, 0.3) is 0 Å². The zero-order valence-electron chi connectivity index (χ0n) is 13.5. The van der Waals surface area contributed by atoms with E-state index >= 15 is 0 Å². The molecule has 23 heavy (non-hydrogen) atoms. The summed E-state index contributed by atoms with van der Waals surface area (Å²) in [6.07, 6.45) is 3.95. The summed E-state index contributed by atoms with van der Waals surface area (Å²) >= 11 is 0. The lowest BCUT2D eigenvalue weighted by Crippen LogP contribution is -2.58. The number of aromatic hydroxyl groups is 1. The molecule has 6 heteroatoms. The van der Waals surface area contributed by atoms with Crippen LogP contribution in [0.5, 0.6) is 5.75 Å². The molecule has 0 unspecified atom stereocenters. The molecule has 1 saturated carbocycles. The Kier molecular flexibility index (Phi) is 4.12. The Labute approximate surface area is 136 Å². The minimum Gasteiger partial charge on any atom is -0.508 e. The number of benzene rings is 1. The first-order chi connectivity index (χ1) is 11.0. The number of hydrogen-bond acceptors (Lipinski definition) is 5. The fourth-order valence-electron chi connectivity index (χ4n) is 3.63. The molecule has 2 aliphatic rings. The third kappa shape index (κ3) is 2.62. The quantitative estimate of drug-likeness (QED) is 0.782.